The fourth-order valence-corrected chi connectivity index (χ4v) is 4.33. The average molecular weight is 336 g/mol. The maximum Gasteiger partial charge on any atom is 0.226 e. The summed E-state index contributed by atoms with van der Waals surface area (Å²) in [4.78, 5) is 18.8. The Balaban J connectivity index is 1.24. The third-order valence-corrected chi connectivity index (χ3v) is 5.89. The number of hydrogen-bond acceptors (Lipinski definition) is 5. The molecule has 2 saturated heterocycles. The molecule has 3 atom stereocenters. The number of aromatic nitrogens is 1. The van der Waals surface area contributed by atoms with Gasteiger partial charge in [-0.05, 0) is 39.0 Å². The van der Waals surface area contributed by atoms with E-state index < -0.39 is 0 Å². The first-order chi connectivity index (χ1) is 11.2. The number of likely N-dealkylation sites (tertiary alicyclic amines) is 1. The molecule has 1 aliphatic carbocycles. The summed E-state index contributed by atoms with van der Waals surface area (Å²) >= 11 is 1.65. The van der Waals surface area contributed by atoms with E-state index in [9.17, 15) is 4.79 Å². The summed E-state index contributed by atoms with van der Waals surface area (Å²) in [5, 5.41) is 3.12. The zero-order chi connectivity index (χ0) is 15.8. The lowest BCUT2D eigenvalue weighted by Gasteiger charge is -2.36. The van der Waals surface area contributed by atoms with E-state index in [0.29, 0.717) is 31.1 Å². The van der Waals surface area contributed by atoms with Gasteiger partial charge in [0.15, 0.2) is 0 Å². The molecule has 3 aliphatic rings. The summed E-state index contributed by atoms with van der Waals surface area (Å²) in [6.45, 7) is 4.06. The van der Waals surface area contributed by atoms with Crippen molar-refractivity contribution in [1.29, 1.82) is 0 Å². The van der Waals surface area contributed by atoms with Gasteiger partial charge in [0, 0.05) is 17.8 Å². The molecule has 3 fully saturated rings. The Kier molecular flexibility index (Phi) is 4.39. The number of ether oxygens (including phenoxy) is 2. The van der Waals surface area contributed by atoms with Gasteiger partial charge in [-0.25, -0.2) is 4.98 Å². The fraction of sp³-hybridized carbons (Fsp3) is 0.765. The van der Waals surface area contributed by atoms with Gasteiger partial charge in [0.2, 0.25) is 5.91 Å². The maximum atomic E-state index is 12.3. The van der Waals surface area contributed by atoms with Crippen LogP contribution >= 0.6 is 11.3 Å². The van der Waals surface area contributed by atoms with Crippen LogP contribution in [-0.2, 0) is 20.9 Å². The number of amides is 1. The highest BCUT2D eigenvalue weighted by Gasteiger charge is 2.45. The SMILES string of the molecule is Cc1nc(COC[C@H]2CC[C@H]3[C@H](CCN3C(=O)C3CC3)O2)cs1. The minimum Gasteiger partial charge on any atom is -0.372 e. The van der Waals surface area contributed by atoms with Crippen LogP contribution in [-0.4, -0.2) is 47.2 Å². The first kappa shape index (κ1) is 15.5. The third kappa shape index (κ3) is 3.44. The number of rotatable bonds is 5. The van der Waals surface area contributed by atoms with Crippen LogP contribution in [0.1, 0.15) is 42.8 Å². The highest BCUT2D eigenvalue weighted by Crippen LogP contribution is 2.37. The van der Waals surface area contributed by atoms with E-state index in [4.69, 9.17) is 9.47 Å². The molecule has 1 aromatic heterocycles. The van der Waals surface area contributed by atoms with Crippen molar-refractivity contribution in [2.45, 2.75) is 63.9 Å². The normalized spacial score (nSPS) is 30.5. The van der Waals surface area contributed by atoms with Crippen LogP contribution in [0.4, 0.5) is 0 Å². The van der Waals surface area contributed by atoms with E-state index in [2.05, 4.69) is 9.88 Å². The lowest BCUT2D eigenvalue weighted by molar-refractivity contribution is -0.140. The van der Waals surface area contributed by atoms with Crippen molar-refractivity contribution in [2.75, 3.05) is 13.2 Å². The molecular weight excluding hydrogens is 312 g/mol. The van der Waals surface area contributed by atoms with E-state index in [0.717, 1.165) is 49.4 Å². The Hall–Kier alpha value is -0.980. The van der Waals surface area contributed by atoms with Crippen molar-refractivity contribution in [3.8, 4) is 0 Å². The zero-order valence-corrected chi connectivity index (χ0v) is 14.4. The molecule has 0 bridgehead atoms. The van der Waals surface area contributed by atoms with Gasteiger partial charge >= 0.3 is 0 Å². The van der Waals surface area contributed by atoms with Gasteiger partial charge in [0.1, 0.15) is 0 Å². The predicted octanol–water partition coefficient (Wildman–Crippen LogP) is 2.53. The number of fused-ring (bicyclic) bond motifs is 1. The van der Waals surface area contributed by atoms with Gasteiger partial charge in [-0.1, -0.05) is 0 Å². The summed E-state index contributed by atoms with van der Waals surface area (Å²) in [5.41, 5.74) is 1.00. The monoisotopic (exact) mass is 336 g/mol. The molecule has 1 saturated carbocycles. The number of carbonyl (C=O) groups is 1. The lowest BCUT2D eigenvalue weighted by atomic mass is 9.99. The van der Waals surface area contributed by atoms with Crippen LogP contribution in [0.15, 0.2) is 5.38 Å². The number of hydrogen-bond donors (Lipinski definition) is 0. The van der Waals surface area contributed by atoms with Gasteiger partial charge in [0.25, 0.3) is 0 Å². The molecule has 2 aliphatic heterocycles. The number of carbonyl (C=O) groups excluding carboxylic acids is 1. The molecule has 0 N–H and O–H groups in total. The summed E-state index contributed by atoms with van der Waals surface area (Å²) in [6, 6.07) is 0.306. The first-order valence-corrected chi connectivity index (χ1v) is 9.53. The molecule has 5 nitrogen and oxygen atoms in total. The Morgan fingerprint density at radius 2 is 2.26 bits per heavy atom. The Labute approximate surface area is 141 Å². The van der Waals surface area contributed by atoms with E-state index in [1.165, 1.54) is 0 Å². The zero-order valence-electron chi connectivity index (χ0n) is 13.6. The minimum absolute atomic E-state index is 0.159. The second-order valence-corrected chi connectivity index (χ2v) is 7.97. The third-order valence-electron chi connectivity index (χ3n) is 5.07. The number of thiazole rings is 1. The highest BCUT2D eigenvalue weighted by molar-refractivity contribution is 7.09. The second kappa shape index (κ2) is 6.49. The van der Waals surface area contributed by atoms with Crippen molar-refractivity contribution in [1.82, 2.24) is 9.88 Å². The molecule has 126 valence electrons. The molecule has 23 heavy (non-hydrogen) atoms. The van der Waals surface area contributed by atoms with Gasteiger partial charge < -0.3 is 14.4 Å². The Morgan fingerprint density at radius 1 is 1.39 bits per heavy atom. The second-order valence-electron chi connectivity index (χ2n) is 6.91. The molecule has 1 aromatic rings. The van der Waals surface area contributed by atoms with E-state index in [-0.39, 0.29) is 12.2 Å². The molecular formula is C17H24N2O3S. The van der Waals surface area contributed by atoms with Crippen LogP contribution in [0.25, 0.3) is 0 Å². The van der Waals surface area contributed by atoms with Crippen LogP contribution in [0.3, 0.4) is 0 Å². The first-order valence-electron chi connectivity index (χ1n) is 8.65. The smallest absolute Gasteiger partial charge is 0.226 e. The van der Waals surface area contributed by atoms with Gasteiger partial charge in [-0.3, -0.25) is 4.79 Å². The summed E-state index contributed by atoms with van der Waals surface area (Å²) in [5.74, 6) is 0.686. The molecule has 4 rings (SSSR count). The molecule has 0 radical (unpaired) electrons. The highest BCUT2D eigenvalue weighted by atomic mass is 32.1. The Morgan fingerprint density at radius 3 is 3.00 bits per heavy atom. The molecule has 1 amide bonds. The average Bonchev–Trinajstić information content (AvgIpc) is 3.19. The molecule has 0 aromatic carbocycles. The Bertz CT molecular complexity index is 572. The fourth-order valence-electron chi connectivity index (χ4n) is 3.73. The number of nitrogens with zero attached hydrogens (tertiary/aromatic N) is 2. The lowest BCUT2D eigenvalue weighted by Crippen LogP contribution is -2.46. The van der Waals surface area contributed by atoms with Gasteiger partial charge in [-0.15, -0.1) is 11.3 Å². The van der Waals surface area contributed by atoms with Gasteiger partial charge in [0.05, 0.1) is 42.2 Å². The maximum absolute atomic E-state index is 12.3. The molecule has 6 heteroatoms. The topological polar surface area (TPSA) is 51.7 Å². The van der Waals surface area contributed by atoms with Crippen LogP contribution < -0.4 is 0 Å². The van der Waals surface area contributed by atoms with Crippen LogP contribution in [0.5, 0.6) is 0 Å². The quantitative estimate of drug-likeness (QED) is 0.829. The van der Waals surface area contributed by atoms with Crippen molar-refractivity contribution in [3.05, 3.63) is 16.1 Å². The van der Waals surface area contributed by atoms with Crippen molar-refractivity contribution in [2.24, 2.45) is 5.92 Å². The van der Waals surface area contributed by atoms with E-state index >= 15 is 0 Å². The molecule has 0 spiro atoms. The van der Waals surface area contributed by atoms with Crippen LogP contribution in [0, 0.1) is 12.8 Å². The largest absolute Gasteiger partial charge is 0.372 e. The predicted molar refractivity (Wildman–Crippen MR) is 87.2 cm³/mol. The van der Waals surface area contributed by atoms with E-state index in [1.54, 1.807) is 11.3 Å². The molecule has 3 heterocycles. The van der Waals surface area contributed by atoms with E-state index in [1.807, 2.05) is 12.3 Å². The van der Waals surface area contributed by atoms with Crippen LogP contribution in [0.2, 0.25) is 0 Å². The minimum atomic E-state index is 0.159. The van der Waals surface area contributed by atoms with Crippen molar-refractivity contribution >= 4 is 17.2 Å². The number of aryl methyl sites for hydroxylation is 1. The van der Waals surface area contributed by atoms with Crippen molar-refractivity contribution in [3.63, 3.8) is 0 Å². The summed E-state index contributed by atoms with van der Waals surface area (Å²) < 4.78 is 12.0. The standard InChI is InChI=1S/C17H24N2O3S/c1-11-18-13(10-23-11)8-21-9-14-4-5-15-16(22-14)6-7-19(15)17(20)12-2-3-12/h10,12,14-16H,2-9H2,1H3/t14-,15+,16+/m1/s1. The summed E-state index contributed by atoms with van der Waals surface area (Å²) in [6.07, 6.45) is 5.54. The van der Waals surface area contributed by atoms with Crippen molar-refractivity contribution < 1.29 is 14.3 Å². The molecule has 0 unspecified atom stereocenters. The van der Waals surface area contributed by atoms with Gasteiger partial charge in [-0.2, -0.15) is 0 Å². The summed E-state index contributed by atoms with van der Waals surface area (Å²) in [7, 11) is 0.